The Morgan fingerprint density at radius 1 is 1.11 bits per heavy atom. The van der Waals surface area contributed by atoms with Gasteiger partial charge in [0.2, 0.25) is 5.13 Å². The molecule has 144 valence electrons. The van der Waals surface area contributed by atoms with Gasteiger partial charge in [0, 0.05) is 54.2 Å². The molecule has 1 saturated heterocycles. The Morgan fingerprint density at radius 2 is 1.86 bits per heavy atom. The highest BCUT2D eigenvalue weighted by atomic mass is 79.9. The smallest absolute Gasteiger partial charge is 0.254 e. The van der Waals surface area contributed by atoms with Crippen LogP contribution in [0.4, 0.5) is 5.13 Å². The van der Waals surface area contributed by atoms with Crippen LogP contribution in [0.1, 0.15) is 27.3 Å². The standard InChI is InChI=1S/C21H21BrN4OS/c1-15-5-7-16(8-6-15)13-19-23-21(28-24-19)26-11-9-25(10-12-26)20(27)17-3-2-4-18(22)14-17/h2-8,14H,9-13H2,1H3. The topological polar surface area (TPSA) is 49.3 Å². The summed E-state index contributed by atoms with van der Waals surface area (Å²) in [5, 5.41) is 0.941. The number of carbonyl (C=O) groups excluding carboxylic acids is 1. The Bertz CT molecular complexity index is 965. The van der Waals surface area contributed by atoms with Crippen molar-refractivity contribution in [2.24, 2.45) is 0 Å². The summed E-state index contributed by atoms with van der Waals surface area (Å²) in [5.74, 6) is 0.940. The second-order valence-electron chi connectivity index (χ2n) is 6.95. The Kier molecular flexibility index (Phi) is 5.73. The molecular weight excluding hydrogens is 436 g/mol. The SMILES string of the molecule is Cc1ccc(Cc2nsc(N3CCN(C(=O)c4cccc(Br)c4)CC3)n2)cc1. The van der Waals surface area contributed by atoms with Gasteiger partial charge in [-0.25, -0.2) is 4.98 Å². The third-order valence-corrected chi connectivity index (χ3v) is 6.16. The van der Waals surface area contributed by atoms with Crippen LogP contribution in [0.15, 0.2) is 53.0 Å². The summed E-state index contributed by atoms with van der Waals surface area (Å²) >= 11 is 4.87. The van der Waals surface area contributed by atoms with Crippen molar-refractivity contribution in [2.75, 3.05) is 31.1 Å². The van der Waals surface area contributed by atoms with Gasteiger partial charge in [0.25, 0.3) is 5.91 Å². The molecule has 7 heteroatoms. The maximum Gasteiger partial charge on any atom is 0.254 e. The second-order valence-corrected chi connectivity index (χ2v) is 8.59. The number of hydrogen-bond donors (Lipinski definition) is 0. The van der Waals surface area contributed by atoms with E-state index >= 15 is 0 Å². The van der Waals surface area contributed by atoms with E-state index in [0.717, 1.165) is 40.5 Å². The minimum atomic E-state index is 0.0817. The van der Waals surface area contributed by atoms with Gasteiger partial charge in [0.05, 0.1) is 0 Å². The highest BCUT2D eigenvalue weighted by Gasteiger charge is 2.24. The van der Waals surface area contributed by atoms with Crippen LogP contribution in [0.5, 0.6) is 0 Å². The fraction of sp³-hybridized carbons (Fsp3) is 0.286. The van der Waals surface area contributed by atoms with Gasteiger partial charge in [-0.1, -0.05) is 51.8 Å². The van der Waals surface area contributed by atoms with E-state index in [1.165, 1.54) is 22.7 Å². The van der Waals surface area contributed by atoms with Crippen molar-refractivity contribution in [3.05, 3.63) is 75.5 Å². The summed E-state index contributed by atoms with van der Waals surface area (Å²) in [6.07, 6.45) is 0.748. The Morgan fingerprint density at radius 3 is 2.57 bits per heavy atom. The van der Waals surface area contributed by atoms with Gasteiger partial charge in [-0.15, -0.1) is 0 Å². The van der Waals surface area contributed by atoms with Crippen molar-refractivity contribution in [1.29, 1.82) is 0 Å². The molecule has 2 heterocycles. The molecule has 0 saturated carbocycles. The van der Waals surface area contributed by atoms with Crippen molar-refractivity contribution in [3.8, 4) is 0 Å². The number of hydrogen-bond acceptors (Lipinski definition) is 5. The lowest BCUT2D eigenvalue weighted by molar-refractivity contribution is 0.0746. The van der Waals surface area contributed by atoms with Gasteiger partial charge >= 0.3 is 0 Å². The van der Waals surface area contributed by atoms with Gasteiger partial charge in [-0.05, 0) is 30.7 Å². The molecule has 28 heavy (non-hydrogen) atoms. The molecule has 1 fully saturated rings. The molecule has 0 spiro atoms. The minimum Gasteiger partial charge on any atom is -0.343 e. The Hall–Kier alpha value is -2.25. The van der Waals surface area contributed by atoms with Crippen molar-refractivity contribution < 1.29 is 4.79 Å². The molecular formula is C21H21BrN4OS. The summed E-state index contributed by atoms with van der Waals surface area (Å²) in [7, 11) is 0. The molecule has 1 aromatic heterocycles. The number of rotatable bonds is 4. The van der Waals surface area contributed by atoms with E-state index in [0.29, 0.717) is 13.1 Å². The largest absolute Gasteiger partial charge is 0.343 e. The van der Waals surface area contributed by atoms with Crippen LogP contribution in [0.25, 0.3) is 0 Å². The number of carbonyl (C=O) groups is 1. The van der Waals surface area contributed by atoms with Crippen molar-refractivity contribution in [1.82, 2.24) is 14.3 Å². The lowest BCUT2D eigenvalue weighted by atomic mass is 10.1. The van der Waals surface area contributed by atoms with Crippen molar-refractivity contribution in [3.63, 3.8) is 0 Å². The van der Waals surface area contributed by atoms with E-state index in [1.54, 1.807) is 0 Å². The first kappa shape index (κ1) is 19.1. The van der Waals surface area contributed by atoms with Gasteiger partial charge < -0.3 is 9.80 Å². The maximum atomic E-state index is 12.7. The van der Waals surface area contributed by atoms with Gasteiger partial charge in [0.15, 0.2) is 0 Å². The van der Waals surface area contributed by atoms with Crippen molar-refractivity contribution in [2.45, 2.75) is 13.3 Å². The molecule has 0 bridgehead atoms. The number of benzene rings is 2. The second kappa shape index (κ2) is 8.41. The van der Waals surface area contributed by atoms with Crippen LogP contribution in [0.3, 0.4) is 0 Å². The monoisotopic (exact) mass is 456 g/mol. The summed E-state index contributed by atoms with van der Waals surface area (Å²) in [6.45, 7) is 5.03. The van der Waals surface area contributed by atoms with Crippen LogP contribution in [0, 0.1) is 6.92 Å². The van der Waals surface area contributed by atoms with Crippen LogP contribution in [-0.4, -0.2) is 46.3 Å². The molecule has 3 aromatic rings. The van der Waals surface area contributed by atoms with Crippen LogP contribution < -0.4 is 4.90 Å². The minimum absolute atomic E-state index is 0.0817. The van der Waals surface area contributed by atoms with Crippen LogP contribution >= 0.6 is 27.5 Å². The molecule has 1 aliphatic rings. The lowest BCUT2D eigenvalue weighted by Crippen LogP contribution is -2.48. The number of piperazine rings is 1. The van der Waals surface area contributed by atoms with E-state index in [4.69, 9.17) is 4.98 Å². The highest BCUT2D eigenvalue weighted by molar-refractivity contribution is 9.10. The molecule has 1 amide bonds. The fourth-order valence-electron chi connectivity index (χ4n) is 3.24. The summed E-state index contributed by atoms with van der Waals surface area (Å²) in [5.41, 5.74) is 3.20. The molecule has 0 unspecified atom stereocenters. The van der Waals surface area contributed by atoms with E-state index in [-0.39, 0.29) is 5.91 Å². The fourth-order valence-corrected chi connectivity index (χ4v) is 4.37. The zero-order valence-corrected chi connectivity index (χ0v) is 18.0. The number of halogens is 1. The molecule has 2 aromatic carbocycles. The first-order valence-electron chi connectivity index (χ1n) is 9.26. The Balaban J connectivity index is 1.35. The molecule has 1 aliphatic heterocycles. The predicted molar refractivity (Wildman–Crippen MR) is 116 cm³/mol. The summed E-state index contributed by atoms with van der Waals surface area (Å²) in [4.78, 5) is 21.5. The number of amides is 1. The number of nitrogens with zero attached hydrogens (tertiary/aromatic N) is 4. The lowest BCUT2D eigenvalue weighted by Gasteiger charge is -2.34. The Labute approximate surface area is 177 Å². The van der Waals surface area contributed by atoms with Gasteiger partial charge in [-0.2, -0.15) is 4.37 Å². The predicted octanol–water partition coefficient (Wildman–Crippen LogP) is 4.16. The van der Waals surface area contributed by atoms with Crippen LogP contribution in [-0.2, 0) is 6.42 Å². The van der Waals surface area contributed by atoms with Gasteiger partial charge in [-0.3, -0.25) is 4.79 Å². The third-order valence-electron chi connectivity index (χ3n) is 4.85. The molecule has 5 nitrogen and oxygen atoms in total. The average Bonchev–Trinajstić information content (AvgIpc) is 3.18. The zero-order valence-electron chi connectivity index (χ0n) is 15.6. The highest BCUT2D eigenvalue weighted by Crippen LogP contribution is 2.22. The first-order valence-corrected chi connectivity index (χ1v) is 10.8. The number of anilines is 1. The van der Waals surface area contributed by atoms with Crippen LogP contribution in [0.2, 0.25) is 0 Å². The molecule has 4 rings (SSSR count). The molecule has 0 N–H and O–H groups in total. The first-order chi connectivity index (χ1) is 13.6. The molecule has 0 aliphatic carbocycles. The maximum absolute atomic E-state index is 12.7. The zero-order chi connectivity index (χ0) is 19.5. The van der Waals surface area contributed by atoms with Gasteiger partial charge in [0.1, 0.15) is 5.82 Å². The molecule has 0 radical (unpaired) electrons. The van der Waals surface area contributed by atoms with E-state index < -0.39 is 0 Å². The quantitative estimate of drug-likeness (QED) is 0.591. The van der Waals surface area contributed by atoms with E-state index in [2.05, 4.69) is 56.4 Å². The molecule has 0 atom stereocenters. The summed E-state index contributed by atoms with van der Waals surface area (Å²) in [6, 6.07) is 16.0. The summed E-state index contributed by atoms with van der Waals surface area (Å²) < 4.78 is 5.45. The van der Waals surface area contributed by atoms with E-state index in [1.807, 2.05) is 29.2 Å². The third kappa shape index (κ3) is 4.42. The number of aryl methyl sites for hydroxylation is 1. The van der Waals surface area contributed by atoms with E-state index in [9.17, 15) is 4.79 Å². The normalized spacial score (nSPS) is 14.4. The average molecular weight is 457 g/mol. The number of aromatic nitrogens is 2. The van der Waals surface area contributed by atoms with Crippen molar-refractivity contribution >= 4 is 38.5 Å².